The summed E-state index contributed by atoms with van der Waals surface area (Å²) in [6.45, 7) is 5.38. The Balaban J connectivity index is 4.36. The maximum Gasteiger partial charge on any atom is 0.303 e. The van der Waals surface area contributed by atoms with E-state index >= 15 is 0 Å². The van der Waals surface area contributed by atoms with Crippen molar-refractivity contribution in [2.75, 3.05) is 0 Å². The molecule has 0 aliphatic carbocycles. The Morgan fingerprint density at radius 1 is 1.29 bits per heavy atom. The Morgan fingerprint density at radius 2 is 1.79 bits per heavy atom. The average molecular weight is 201 g/mol. The van der Waals surface area contributed by atoms with E-state index in [4.69, 9.17) is 5.11 Å². The largest absolute Gasteiger partial charge is 0.481 e. The second-order valence-corrected chi connectivity index (χ2v) is 3.56. The number of hydrogen-bond donors (Lipinski definition) is 2. The summed E-state index contributed by atoms with van der Waals surface area (Å²) in [7, 11) is 0. The molecule has 82 valence electrons. The SMILES string of the molecule is CCC(CC)(CCC(=O)O)NC(C)=O. The van der Waals surface area contributed by atoms with Gasteiger partial charge in [-0.25, -0.2) is 0 Å². The first-order chi connectivity index (χ1) is 6.45. The fourth-order valence-electron chi connectivity index (χ4n) is 1.56. The van der Waals surface area contributed by atoms with E-state index in [1.165, 1.54) is 6.92 Å². The van der Waals surface area contributed by atoms with Gasteiger partial charge in [0.05, 0.1) is 0 Å². The van der Waals surface area contributed by atoms with E-state index < -0.39 is 5.97 Å². The van der Waals surface area contributed by atoms with Gasteiger partial charge in [-0.15, -0.1) is 0 Å². The Morgan fingerprint density at radius 3 is 2.07 bits per heavy atom. The lowest BCUT2D eigenvalue weighted by Gasteiger charge is -2.32. The number of rotatable bonds is 6. The van der Waals surface area contributed by atoms with Crippen LogP contribution in [0.1, 0.15) is 46.5 Å². The highest BCUT2D eigenvalue weighted by atomic mass is 16.4. The molecule has 0 saturated carbocycles. The molecule has 0 radical (unpaired) electrons. The summed E-state index contributed by atoms with van der Waals surface area (Å²) in [6, 6.07) is 0. The lowest BCUT2D eigenvalue weighted by molar-refractivity contribution is -0.138. The van der Waals surface area contributed by atoms with Crippen LogP contribution >= 0.6 is 0 Å². The van der Waals surface area contributed by atoms with E-state index in [0.717, 1.165) is 12.8 Å². The molecule has 0 aromatic heterocycles. The summed E-state index contributed by atoms with van der Waals surface area (Å²) in [6.07, 6.45) is 2.11. The summed E-state index contributed by atoms with van der Waals surface area (Å²) in [5.74, 6) is -0.916. The minimum Gasteiger partial charge on any atom is -0.481 e. The highest BCUT2D eigenvalue weighted by Crippen LogP contribution is 2.21. The fraction of sp³-hybridized carbons (Fsp3) is 0.800. The maximum atomic E-state index is 11.0. The van der Waals surface area contributed by atoms with Crippen molar-refractivity contribution in [3.8, 4) is 0 Å². The number of carbonyl (C=O) groups excluding carboxylic acids is 1. The molecule has 0 rings (SSSR count). The smallest absolute Gasteiger partial charge is 0.303 e. The minimum atomic E-state index is -0.818. The zero-order valence-corrected chi connectivity index (χ0v) is 9.09. The Labute approximate surface area is 84.7 Å². The van der Waals surface area contributed by atoms with Crippen LogP contribution < -0.4 is 5.32 Å². The van der Waals surface area contributed by atoms with Crippen LogP contribution in [0.15, 0.2) is 0 Å². The van der Waals surface area contributed by atoms with Crippen molar-refractivity contribution < 1.29 is 14.7 Å². The lowest BCUT2D eigenvalue weighted by atomic mass is 9.87. The summed E-state index contributed by atoms with van der Waals surface area (Å²) in [4.78, 5) is 21.4. The second-order valence-electron chi connectivity index (χ2n) is 3.56. The second kappa shape index (κ2) is 5.62. The summed E-state index contributed by atoms with van der Waals surface area (Å²) in [5, 5.41) is 11.4. The molecule has 0 aliphatic heterocycles. The van der Waals surface area contributed by atoms with E-state index in [1.54, 1.807) is 0 Å². The first-order valence-corrected chi connectivity index (χ1v) is 4.96. The van der Waals surface area contributed by atoms with Gasteiger partial charge in [-0.2, -0.15) is 0 Å². The summed E-state index contributed by atoms with van der Waals surface area (Å²) < 4.78 is 0. The van der Waals surface area contributed by atoms with Gasteiger partial charge in [-0.3, -0.25) is 9.59 Å². The van der Waals surface area contributed by atoms with Crippen LogP contribution in [-0.2, 0) is 9.59 Å². The van der Waals surface area contributed by atoms with Gasteiger partial charge in [0.1, 0.15) is 0 Å². The molecule has 1 amide bonds. The molecule has 4 nitrogen and oxygen atoms in total. The molecule has 0 fully saturated rings. The Kier molecular flexibility index (Phi) is 5.20. The molecule has 0 atom stereocenters. The van der Waals surface area contributed by atoms with E-state index in [2.05, 4.69) is 5.32 Å². The van der Waals surface area contributed by atoms with Crippen LogP contribution in [0.5, 0.6) is 0 Å². The van der Waals surface area contributed by atoms with Crippen LogP contribution in [-0.4, -0.2) is 22.5 Å². The molecule has 0 saturated heterocycles. The lowest BCUT2D eigenvalue weighted by Crippen LogP contribution is -2.47. The molecule has 0 aromatic rings. The molecule has 0 aromatic carbocycles. The normalized spacial score (nSPS) is 11.1. The molecule has 4 heteroatoms. The molecular formula is C10H19NO3. The Hall–Kier alpha value is -1.06. The van der Waals surface area contributed by atoms with E-state index in [0.29, 0.717) is 6.42 Å². The van der Waals surface area contributed by atoms with Gasteiger partial charge in [-0.05, 0) is 19.3 Å². The predicted octanol–water partition coefficient (Wildman–Crippen LogP) is 1.55. The average Bonchev–Trinajstić information content (AvgIpc) is 2.11. The third-order valence-electron chi connectivity index (χ3n) is 2.61. The van der Waals surface area contributed by atoms with Crippen LogP contribution in [0.4, 0.5) is 0 Å². The summed E-state index contributed by atoms with van der Waals surface area (Å²) >= 11 is 0. The zero-order chi connectivity index (χ0) is 11.2. The van der Waals surface area contributed by atoms with Crippen molar-refractivity contribution in [3.05, 3.63) is 0 Å². The van der Waals surface area contributed by atoms with Gasteiger partial charge in [0.25, 0.3) is 0 Å². The van der Waals surface area contributed by atoms with Crippen molar-refractivity contribution in [2.24, 2.45) is 0 Å². The minimum absolute atomic E-state index is 0.0981. The van der Waals surface area contributed by atoms with Crippen LogP contribution in [0.3, 0.4) is 0 Å². The molecule has 0 bridgehead atoms. The maximum absolute atomic E-state index is 11.0. The van der Waals surface area contributed by atoms with Crippen LogP contribution in [0.2, 0.25) is 0 Å². The molecule has 0 spiro atoms. The van der Waals surface area contributed by atoms with Crippen molar-refractivity contribution >= 4 is 11.9 Å². The first kappa shape index (κ1) is 12.9. The molecule has 0 unspecified atom stereocenters. The van der Waals surface area contributed by atoms with Crippen molar-refractivity contribution in [3.63, 3.8) is 0 Å². The topological polar surface area (TPSA) is 66.4 Å². The number of carboxylic acid groups (broad SMARTS) is 1. The molecule has 14 heavy (non-hydrogen) atoms. The molecule has 0 aliphatic rings. The summed E-state index contributed by atoms with van der Waals surface area (Å²) in [5.41, 5.74) is -0.343. The van der Waals surface area contributed by atoms with Gasteiger partial charge in [0.15, 0.2) is 0 Å². The van der Waals surface area contributed by atoms with E-state index in [1.807, 2.05) is 13.8 Å². The van der Waals surface area contributed by atoms with Gasteiger partial charge in [0.2, 0.25) is 5.91 Å². The van der Waals surface area contributed by atoms with Crippen molar-refractivity contribution in [2.45, 2.75) is 52.0 Å². The predicted molar refractivity (Wildman–Crippen MR) is 54.0 cm³/mol. The van der Waals surface area contributed by atoms with Crippen LogP contribution in [0, 0.1) is 0 Å². The van der Waals surface area contributed by atoms with Crippen molar-refractivity contribution in [1.82, 2.24) is 5.32 Å². The van der Waals surface area contributed by atoms with Gasteiger partial charge in [-0.1, -0.05) is 13.8 Å². The quantitative estimate of drug-likeness (QED) is 0.685. The molecule has 2 N–H and O–H groups in total. The Bertz CT molecular complexity index is 209. The van der Waals surface area contributed by atoms with Gasteiger partial charge in [0, 0.05) is 18.9 Å². The molecule has 0 heterocycles. The number of hydrogen-bond acceptors (Lipinski definition) is 2. The number of carboxylic acids is 1. The highest BCUT2D eigenvalue weighted by Gasteiger charge is 2.27. The number of nitrogens with one attached hydrogen (secondary N) is 1. The number of carbonyl (C=O) groups is 2. The fourth-order valence-corrected chi connectivity index (χ4v) is 1.56. The third-order valence-corrected chi connectivity index (χ3v) is 2.61. The highest BCUT2D eigenvalue weighted by molar-refractivity contribution is 5.74. The zero-order valence-electron chi connectivity index (χ0n) is 9.09. The number of aliphatic carboxylic acids is 1. The molecular weight excluding hydrogens is 182 g/mol. The van der Waals surface area contributed by atoms with Gasteiger partial charge >= 0.3 is 5.97 Å². The monoisotopic (exact) mass is 201 g/mol. The van der Waals surface area contributed by atoms with E-state index in [9.17, 15) is 9.59 Å². The number of amides is 1. The standard InChI is InChI=1S/C10H19NO3/c1-4-10(5-2,11-8(3)12)7-6-9(13)14/h4-7H2,1-3H3,(H,11,12)(H,13,14). The van der Waals surface area contributed by atoms with E-state index in [-0.39, 0.29) is 17.9 Å². The van der Waals surface area contributed by atoms with Crippen molar-refractivity contribution in [1.29, 1.82) is 0 Å². The first-order valence-electron chi connectivity index (χ1n) is 4.96. The van der Waals surface area contributed by atoms with Crippen LogP contribution in [0.25, 0.3) is 0 Å². The third kappa shape index (κ3) is 4.25. The van der Waals surface area contributed by atoms with Gasteiger partial charge < -0.3 is 10.4 Å².